The van der Waals surface area contributed by atoms with Gasteiger partial charge in [-0.2, -0.15) is 0 Å². The summed E-state index contributed by atoms with van der Waals surface area (Å²) in [5.74, 6) is 0. The predicted molar refractivity (Wildman–Crippen MR) is 106 cm³/mol. The molecule has 2 aliphatic rings. The van der Waals surface area contributed by atoms with Crippen LogP contribution in [0.5, 0.6) is 0 Å². The molecular formula is C15H23N3O16P2-2. The van der Waals surface area contributed by atoms with Crippen LogP contribution >= 0.6 is 15.6 Å². The molecule has 3 rings (SSSR count). The van der Waals surface area contributed by atoms with Crippen molar-refractivity contribution in [3.8, 4) is 0 Å². The van der Waals surface area contributed by atoms with Crippen molar-refractivity contribution in [3.05, 3.63) is 33.1 Å². The second-order valence-electron chi connectivity index (χ2n) is 7.69. The molecule has 8 N–H and O–H groups in total. The second kappa shape index (κ2) is 11.2. The molecule has 0 radical (unpaired) electrons. The summed E-state index contributed by atoms with van der Waals surface area (Å²) >= 11 is 0. The highest BCUT2D eigenvalue weighted by Gasteiger charge is 2.46. The molecule has 2 fully saturated rings. The molecule has 0 aromatic carbocycles. The number of nitrogens with two attached hydrogens (primary N) is 1. The molecule has 0 saturated carbocycles. The molecule has 0 amide bonds. The Labute approximate surface area is 200 Å². The monoisotopic (exact) mass is 563 g/mol. The molecule has 1 aromatic heterocycles. The number of hydrogen-bond acceptors (Lipinski definition) is 17. The lowest BCUT2D eigenvalue weighted by Crippen LogP contribution is -2.59. The molecule has 3 heterocycles. The highest BCUT2D eigenvalue weighted by atomic mass is 31.3. The minimum Gasteiger partial charge on any atom is -0.756 e. The largest absolute Gasteiger partial charge is 0.756 e. The molecule has 0 spiro atoms. The first-order valence-corrected chi connectivity index (χ1v) is 13.0. The number of aromatic amines is 1. The van der Waals surface area contributed by atoms with Crippen molar-refractivity contribution < 1.29 is 67.3 Å². The molecule has 19 nitrogen and oxygen atoms in total. The van der Waals surface area contributed by atoms with Crippen LogP contribution in [0.1, 0.15) is 6.23 Å². The SMILES string of the molecule is NCC1O[C@H](OP(=O)([O-])OP(=O)([O-])OCC2OC(n3ccc(=O)[nH]c3=O)[C@H](O)[C@@H]2O)C(O)[C@@H](O)[C@H]1O. The van der Waals surface area contributed by atoms with Crippen LogP contribution in [0.3, 0.4) is 0 Å². The lowest BCUT2D eigenvalue weighted by atomic mass is 9.99. The Hall–Kier alpha value is -1.38. The molecule has 0 bridgehead atoms. The number of nitrogens with one attached hydrogen (secondary N) is 1. The lowest BCUT2D eigenvalue weighted by Gasteiger charge is -2.42. The third kappa shape index (κ3) is 6.54. The Morgan fingerprint density at radius 2 is 1.61 bits per heavy atom. The van der Waals surface area contributed by atoms with Gasteiger partial charge in [0, 0.05) is 18.8 Å². The number of nitrogens with zero attached hydrogens (tertiary/aromatic N) is 1. The molecule has 2 aliphatic heterocycles. The first-order valence-electron chi connectivity index (χ1n) is 10.0. The first kappa shape index (κ1) is 29.2. The summed E-state index contributed by atoms with van der Waals surface area (Å²) in [6, 6.07) is 0.918. The van der Waals surface area contributed by atoms with E-state index < -0.39 is 95.3 Å². The van der Waals surface area contributed by atoms with Gasteiger partial charge in [0.05, 0.1) is 6.61 Å². The van der Waals surface area contributed by atoms with E-state index in [9.17, 15) is 54.0 Å². The average Bonchev–Trinajstić information content (AvgIpc) is 3.06. The molecule has 1 aromatic rings. The highest BCUT2D eigenvalue weighted by molar-refractivity contribution is 7.59. The van der Waals surface area contributed by atoms with Crippen molar-refractivity contribution in [1.82, 2.24) is 9.55 Å². The molecule has 206 valence electrons. The maximum absolute atomic E-state index is 12.0. The maximum atomic E-state index is 12.0. The molecule has 6 unspecified atom stereocenters. The fourth-order valence-corrected chi connectivity index (χ4v) is 5.46. The van der Waals surface area contributed by atoms with Gasteiger partial charge in [-0.15, -0.1) is 0 Å². The molecule has 36 heavy (non-hydrogen) atoms. The molecule has 2 saturated heterocycles. The number of rotatable bonds is 9. The Kier molecular flexibility index (Phi) is 9.05. The van der Waals surface area contributed by atoms with Crippen molar-refractivity contribution in [1.29, 1.82) is 0 Å². The topological polar surface area (TPSA) is 308 Å². The van der Waals surface area contributed by atoms with Crippen LogP contribution in [0.2, 0.25) is 0 Å². The summed E-state index contributed by atoms with van der Waals surface area (Å²) in [5, 5.41) is 49.5. The second-order valence-corrected chi connectivity index (χ2v) is 10.6. The third-order valence-electron chi connectivity index (χ3n) is 5.19. The minimum atomic E-state index is -5.86. The third-order valence-corrected chi connectivity index (χ3v) is 7.72. The van der Waals surface area contributed by atoms with Gasteiger partial charge >= 0.3 is 5.69 Å². The standard InChI is InChI=1S/C15H25N3O16P2/c16-3-5-8(20)10(22)12(24)14(32-5)33-36(28,29)34-35(26,27)30-4-6-9(21)11(23)13(31-6)18-2-1-7(19)17-15(18)25/h1-2,5-6,8-14,20-24H,3-4,16H2,(H,26,27)(H,28,29)(H,17,19,25)/p-2/t5?,6?,8-,9+,10-,11+,12?,13?,14+/m0/s1. The van der Waals surface area contributed by atoms with Gasteiger partial charge in [0.2, 0.25) is 0 Å². The van der Waals surface area contributed by atoms with Gasteiger partial charge in [0.15, 0.2) is 12.5 Å². The van der Waals surface area contributed by atoms with Crippen LogP contribution in [-0.2, 0) is 32.0 Å². The van der Waals surface area contributed by atoms with Crippen molar-refractivity contribution in [2.45, 2.75) is 55.2 Å². The van der Waals surface area contributed by atoms with Gasteiger partial charge in [0.25, 0.3) is 21.2 Å². The summed E-state index contributed by atoms with van der Waals surface area (Å²) in [6.45, 7) is -1.53. The van der Waals surface area contributed by atoms with E-state index in [1.807, 2.05) is 4.98 Å². The van der Waals surface area contributed by atoms with E-state index in [-0.39, 0.29) is 0 Å². The number of phosphoric acid groups is 2. The number of aliphatic hydroxyl groups is 5. The highest BCUT2D eigenvalue weighted by Crippen LogP contribution is 2.57. The van der Waals surface area contributed by atoms with E-state index >= 15 is 0 Å². The fourth-order valence-electron chi connectivity index (χ4n) is 3.38. The predicted octanol–water partition coefficient (Wildman–Crippen LogP) is -6.09. The van der Waals surface area contributed by atoms with Gasteiger partial charge in [-0.25, -0.2) is 9.11 Å². The zero-order valence-electron chi connectivity index (χ0n) is 17.9. The molecule has 0 aliphatic carbocycles. The Bertz CT molecular complexity index is 1130. The quantitative estimate of drug-likeness (QED) is 0.137. The Morgan fingerprint density at radius 1 is 0.972 bits per heavy atom. The van der Waals surface area contributed by atoms with Crippen LogP contribution < -0.4 is 26.8 Å². The van der Waals surface area contributed by atoms with Crippen LogP contribution in [0, 0.1) is 0 Å². The number of phosphoric ester groups is 2. The number of hydrogen-bond donors (Lipinski definition) is 7. The fraction of sp³-hybridized carbons (Fsp3) is 0.733. The summed E-state index contributed by atoms with van der Waals surface area (Å²) in [4.78, 5) is 49.0. The van der Waals surface area contributed by atoms with E-state index in [0.29, 0.717) is 4.57 Å². The summed E-state index contributed by atoms with van der Waals surface area (Å²) in [5.41, 5.74) is 3.53. The number of ether oxygens (including phenoxy) is 2. The van der Waals surface area contributed by atoms with Crippen molar-refractivity contribution in [3.63, 3.8) is 0 Å². The van der Waals surface area contributed by atoms with Crippen LogP contribution in [0.25, 0.3) is 0 Å². The van der Waals surface area contributed by atoms with Gasteiger partial charge < -0.3 is 55.1 Å². The van der Waals surface area contributed by atoms with E-state index in [1.165, 1.54) is 0 Å². The number of aliphatic hydroxyl groups excluding tert-OH is 5. The van der Waals surface area contributed by atoms with Gasteiger partial charge in [0.1, 0.15) is 42.7 Å². The summed E-state index contributed by atoms with van der Waals surface area (Å²) in [7, 11) is -11.6. The first-order chi connectivity index (χ1) is 16.7. The van der Waals surface area contributed by atoms with Gasteiger partial charge in [-0.1, -0.05) is 0 Å². The summed E-state index contributed by atoms with van der Waals surface area (Å²) in [6.07, 6.45) is -15.2. The number of aromatic nitrogens is 2. The van der Waals surface area contributed by atoms with Crippen molar-refractivity contribution in [2.24, 2.45) is 5.73 Å². The van der Waals surface area contributed by atoms with Crippen LogP contribution in [0.4, 0.5) is 0 Å². The molecule has 11 atom stereocenters. The van der Waals surface area contributed by atoms with Gasteiger partial charge in [-0.05, 0) is 0 Å². The lowest BCUT2D eigenvalue weighted by molar-refractivity contribution is -0.300. The van der Waals surface area contributed by atoms with Crippen molar-refractivity contribution >= 4 is 15.6 Å². The normalized spacial score (nSPS) is 38.4. The maximum Gasteiger partial charge on any atom is 0.330 e. The zero-order valence-corrected chi connectivity index (χ0v) is 19.7. The van der Waals surface area contributed by atoms with E-state index in [2.05, 4.69) is 13.4 Å². The minimum absolute atomic E-state index is 0.431. The van der Waals surface area contributed by atoms with Crippen LogP contribution in [-0.4, -0.2) is 97.3 Å². The average molecular weight is 563 g/mol. The number of H-pyrrole nitrogens is 1. The molecule has 21 heteroatoms. The van der Waals surface area contributed by atoms with Crippen molar-refractivity contribution in [2.75, 3.05) is 13.2 Å². The van der Waals surface area contributed by atoms with E-state index in [4.69, 9.17) is 15.2 Å². The summed E-state index contributed by atoms with van der Waals surface area (Å²) < 4.78 is 47.4. The van der Waals surface area contributed by atoms with Gasteiger partial charge in [-0.3, -0.25) is 28.0 Å². The van der Waals surface area contributed by atoms with Crippen LogP contribution in [0.15, 0.2) is 21.9 Å². The zero-order chi connectivity index (χ0) is 27.0. The molecular weight excluding hydrogens is 540 g/mol. The Balaban J connectivity index is 1.61. The van der Waals surface area contributed by atoms with E-state index in [1.54, 1.807) is 0 Å². The smallest absolute Gasteiger partial charge is 0.330 e. The van der Waals surface area contributed by atoms with E-state index in [0.717, 1.165) is 12.3 Å². The Morgan fingerprint density at radius 3 is 2.22 bits per heavy atom.